The highest BCUT2D eigenvalue weighted by atomic mass is 32.2. The van der Waals surface area contributed by atoms with E-state index in [0.717, 1.165) is 26.2 Å². The number of rotatable bonds is 3. The molecule has 18 heavy (non-hydrogen) atoms. The summed E-state index contributed by atoms with van der Waals surface area (Å²) in [6.07, 6.45) is 1.24. The first-order chi connectivity index (χ1) is 8.48. The normalized spacial score (nSPS) is 19.7. The quantitative estimate of drug-likeness (QED) is 0.890. The van der Waals surface area contributed by atoms with Crippen molar-refractivity contribution in [2.24, 2.45) is 0 Å². The zero-order valence-electron chi connectivity index (χ0n) is 10.9. The average Bonchev–Trinajstić information content (AvgIpc) is 2.38. The molecule has 2 rings (SSSR count). The second-order valence-electron chi connectivity index (χ2n) is 4.80. The minimum Gasteiger partial charge on any atom is -0.314 e. The summed E-state index contributed by atoms with van der Waals surface area (Å²) in [5.74, 6) is 0. The highest BCUT2D eigenvalue weighted by Gasteiger charge is 2.18. The molecule has 1 saturated heterocycles. The van der Waals surface area contributed by atoms with Gasteiger partial charge in [0.05, 0.1) is 4.90 Å². The van der Waals surface area contributed by atoms with Crippen LogP contribution in [0.2, 0.25) is 0 Å². The van der Waals surface area contributed by atoms with Crippen LogP contribution >= 0.6 is 0 Å². The first-order valence-electron chi connectivity index (χ1n) is 6.23. The Morgan fingerprint density at radius 2 is 1.72 bits per heavy atom. The molecule has 0 aliphatic carbocycles. The number of hydrogen-bond acceptors (Lipinski definition) is 4. The van der Waals surface area contributed by atoms with Gasteiger partial charge in [0.1, 0.15) is 0 Å². The molecule has 0 aromatic heterocycles. The Balaban J connectivity index is 2.13. The van der Waals surface area contributed by atoms with Crippen molar-refractivity contribution in [2.75, 3.05) is 32.4 Å². The highest BCUT2D eigenvalue weighted by Crippen LogP contribution is 2.21. The lowest BCUT2D eigenvalue weighted by molar-refractivity contribution is 0.185. The molecule has 1 aliphatic heterocycles. The van der Waals surface area contributed by atoms with E-state index in [-0.39, 0.29) is 0 Å². The van der Waals surface area contributed by atoms with Crippen LogP contribution in [0.5, 0.6) is 0 Å². The van der Waals surface area contributed by atoms with Crippen LogP contribution in [0.4, 0.5) is 0 Å². The Morgan fingerprint density at radius 3 is 2.22 bits per heavy atom. The van der Waals surface area contributed by atoms with Gasteiger partial charge in [-0.15, -0.1) is 0 Å². The van der Waals surface area contributed by atoms with Gasteiger partial charge in [-0.25, -0.2) is 8.42 Å². The van der Waals surface area contributed by atoms with Gasteiger partial charge in [-0.05, 0) is 24.6 Å². The van der Waals surface area contributed by atoms with Crippen LogP contribution in [-0.2, 0) is 9.84 Å². The van der Waals surface area contributed by atoms with Crippen LogP contribution < -0.4 is 5.32 Å². The SMILES string of the molecule is C[C@@H](c1ccc(S(C)(=O)=O)cc1)N1CCNCC1. The summed E-state index contributed by atoms with van der Waals surface area (Å²) < 4.78 is 22.8. The first-order valence-corrected chi connectivity index (χ1v) is 8.12. The summed E-state index contributed by atoms with van der Waals surface area (Å²) >= 11 is 0. The minimum atomic E-state index is -3.09. The molecule has 1 fully saturated rings. The van der Waals surface area contributed by atoms with Crippen LogP contribution in [0, 0.1) is 0 Å². The second kappa shape index (κ2) is 5.38. The zero-order chi connectivity index (χ0) is 13.2. The van der Waals surface area contributed by atoms with Crippen molar-refractivity contribution in [1.29, 1.82) is 0 Å². The van der Waals surface area contributed by atoms with Crippen LogP contribution in [-0.4, -0.2) is 45.8 Å². The third-order valence-corrected chi connectivity index (χ3v) is 4.62. The van der Waals surface area contributed by atoms with Gasteiger partial charge in [-0.3, -0.25) is 4.90 Å². The molecule has 0 unspecified atom stereocenters. The average molecular weight is 268 g/mol. The van der Waals surface area contributed by atoms with Gasteiger partial charge in [0.2, 0.25) is 0 Å². The molecule has 0 spiro atoms. The van der Waals surface area contributed by atoms with Crippen molar-refractivity contribution < 1.29 is 8.42 Å². The summed E-state index contributed by atoms with van der Waals surface area (Å²) in [5.41, 5.74) is 1.17. The lowest BCUT2D eigenvalue weighted by atomic mass is 10.1. The van der Waals surface area contributed by atoms with Crippen molar-refractivity contribution in [3.05, 3.63) is 29.8 Å². The Morgan fingerprint density at radius 1 is 1.17 bits per heavy atom. The van der Waals surface area contributed by atoms with E-state index in [1.165, 1.54) is 11.8 Å². The molecule has 1 heterocycles. The van der Waals surface area contributed by atoms with E-state index in [1.807, 2.05) is 12.1 Å². The van der Waals surface area contributed by atoms with Crippen LogP contribution in [0.1, 0.15) is 18.5 Å². The molecule has 1 aliphatic rings. The third-order valence-electron chi connectivity index (χ3n) is 3.49. The van der Waals surface area contributed by atoms with Crippen molar-refractivity contribution in [3.8, 4) is 0 Å². The summed E-state index contributed by atoms with van der Waals surface area (Å²) in [7, 11) is -3.09. The van der Waals surface area contributed by atoms with Crippen molar-refractivity contribution >= 4 is 9.84 Å². The molecule has 1 N–H and O–H groups in total. The molecule has 1 aromatic carbocycles. The molecule has 0 amide bonds. The van der Waals surface area contributed by atoms with E-state index in [2.05, 4.69) is 17.1 Å². The molecule has 0 saturated carbocycles. The van der Waals surface area contributed by atoms with E-state index >= 15 is 0 Å². The number of benzene rings is 1. The fourth-order valence-corrected chi connectivity index (χ4v) is 2.90. The van der Waals surface area contributed by atoms with E-state index in [4.69, 9.17) is 0 Å². The number of hydrogen-bond donors (Lipinski definition) is 1. The fraction of sp³-hybridized carbons (Fsp3) is 0.538. The topological polar surface area (TPSA) is 49.4 Å². The maximum atomic E-state index is 11.4. The van der Waals surface area contributed by atoms with Gasteiger partial charge in [0.15, 0.2) is 9.84 Å². The Hall–Kier alpha value is -0.910. The summed E-state index contributed by atoms with van der Waals surface area (Å²) in [4.78, 5) is 2.80. The van der Waals surface area contributed by atoms with Gasteiger partial charge in [-0.2, -0.15) is 0 Å². The van der Waals surface area contributed by atoms with Gasteiger partial charge in [0, 0.05) is 38.5 Å². The minimum absolute atomic E-state index is 0.334. The molecule has 100 valence electrons. The molecule has 0 radical (unpaired) electrons. The fourth-order valence-electron chi connectivity index (χ4n) is 2.27. The number of sulfone groups is 1. The second-order valence-corrected chi connectivity index (χ2v) is 6.82. The van der Waals surface area contributed by atoms with Gasteiger partial charge in [-0.1, -0.05) is 12.1 Å². The van der Waals surface area contributed by atoms with E-state index in [9.17, 15) is 8.42 Å². The molecule has 5 heteroatoms. The van der Waals surface area contributed by atoms with E-state index in [1.54, 1.807) is 12.1 Å². The number of nitrogens with one attached hydrogen (secondary N) is 1. The predicted octanol–water partition coefficient (Wildman–Crippen LogP) is 1.06. The maximum absolute atomic E-state index is 11.4. The molecule has 4 nitrogen and oxygen atoms in total. The van der Waals surface area contributed by atoms with Crippen molar-refractivity contribution in [3.63, 3.8) is 0 Å². The van der Waals surface area contributed by atoms with Crippen LogP contribution in [0.25, 0.3) is 0 Å². The first kappa shape index (κ1) is 13.5. The van der Waals surface area contributed by atoms with Gasteiger partial charge in [0.25, 0.3) is 0 Å². The molecular weight excluding hydrogens is 248 g/mol. The highest BCUT2D eigenvalue weighted by molar-refractivity contribution is 7.90. The summed E-state index contributed by atoms with van der Waals surface area (Å²) in [6, 6.07) is 7.57. The van der Waals surface area contributed by atoms with Crippen molar-refractivity contribution in [1.82, 2.24) is 10.2 Å². The zero-order valence-corrected chi connectivity index (χ0v) is 11.7. The van der Waals surface area contributed by atoms with Crippen LogP contribution in [0.15, 0.2) is 29.2 Å². The Bertz CT molecular complexity index is 490. The smallest absolute Gasteiger partial charge is 0.175 e. The molecular formula is C13H20N2O2S. The molecule has 1 atom stereocenters. The maximum Gasteiger partial charge on any atom is 0.175 e. The standard InChI is InChI=1S/C13H20N2O2S/c1-11(15-9-7-14-8-10-15)12-3-5-13(6-4-12)18(2,16)17/h3-6,11,14H,7-10H2,1-2H3/t11-/m0/s1. The Kier molecular flexibility index (Phi) is 4.04. The summed E-state index contributed by atoms with van der Waals surface area (Å²) in [6.45, 7) is 6.28. The van der Waals surface area contributed by atoms with Crippen molar-refractivity contribution in [2.45, 2.75) is 17.9 Å². The monoisotopic (exact) mass is 268 g/mol. The van der Waals surface area contributed by atoms with Crippen LogP contribution in [0.3, 0.4) is 0 Å². The number of piperazine rings is 1. The number of nitrogens with zero attached hydrogens (tertiary/aromatic N) is 1. The van der Waals surface area contributed by atoms with E-state index < -0.39 is 9.84 Å². The third kappa shape index (κ3) is 3.10. The summed E-state index contributed by atoms with van der Waals surface area (Å²) in [5, 5.41) is 3.33. The van der Waals surface area contributed by atoms with E-state index in [0.29, 0.717) is 10.9 Å². The molecule has 0 bridgehead atoms. The lowest BCUT2D eigenvalue weighted by Gasteiger charge is -2.33. The molecule has 1 aromatic rings. The Labute approximate surface area is 109 Å². The van der Waals surface area contributed by atoms with Gasteiger partial charge < -0.3 is 5.32 Å². The lowest BCUT2D eigenvalue weighted by Crippen LogP contribution is -2.44. The largest absolute Gasteiger partial charge is 0.314 e. The predicted molar refractivity (Wildman–Crippen MR) is 72.4 cm³/mol. The van der Waals surface area contributed by atoms with Gasteiger partial charge >= 0.3 is 0 Å².